The molecule has 0 aromatic heterocycles. The summed E-state index contributed by atoms with van der Waals surface area (Å²) in [6.07, 6.45) is -0.183. The van der Waals surface area contributed by atoms with Gasteiger partial charge in [0, 0.05) is 6.42 Å². The van der Waals surface area contributed by atoms with E-state index in [1.54, 1.807) is 0 Å². The van der Waals surface area contributed by atoms with Gasteiger partial charge < -0.3 is 10.2 Å². The van der Waals surface area contributed by atoms with Crippen molar-refractivity contribution in [3.05, 3.63) is 83.9 Å². The first-order valence-electron chi connectivity index (χ1n) is 9.54. The van der Waals surface area contributed by atoms with Gasteiger partial charge in [-0.25, -0.2) is 0 Å². The summed E-state index contributed by atoms with van der Waals surface area (Å²) < 4.78 is 0. The lowest BCUT2D eigenvalue weighted by molar-refractivity contribution is -0.140. The minimum atomic E-state index is -1.05. The van der Waals surface area contributed by atoms with Gasteiger partial charge in [-0.1, -0.05) is 72.8 Å². The van der Waals surface area contributed by atoms with Crippen molar-refractivity contribution >= 4 is 11.9 Å². The summed E-state index contributed by atoms with van der Waals surface area (Å²) >= 11 is 0. The Labute approximate surface area is 168 Å². The summed E-state index contributed by atoms with van der Waals surface area (Å²) in [6.45, 7) is 0. The van der Waals surface area contributed by atoms with E-state index in [0.717, 1.165) is 33.4 Å². The normalized spacial score (nSPS) is 15.4. The number of hydrogen-bond acceptors (Lipinski definition) is 3. The molecule has 0 spiro atoms. The van der Waals surface area contributed by atoms with Crippen LogP contribution in [0.1, 0.15) is 30.0 Å². The lowest BCUT2D eigenvalue weighted by atomic mass is 9.93. The van der Waals surface area contributed by atoms with Crippen LogP contribution in [0, 0.1) is 0 Å². The van der Waals surface area contributed by atoms with Crippen molar-refractivity contribution in [3.63, 3.8) is 0 Å². The summed E-state index contributed by atoms with van der Waals surface area (Å²) in [6, 6.07) is 22.8. The Bertz CT molecular complexity index is 1060. The van der Waals surface area contributed by atoms with Crippen molar-refractivity contribution in [1.82, 2.24) is 5.32 Å². The Morgan fingerprint density at radius 1 is 0.828 bits per heavy atom. The van der Waals surface area contributed by atoms with Crippen LogP contribution in [0.5, 0.6) is 0 Å². The zero-order valence-corrected chi connectivity index (χ0v) is 15.7. The minimum absolute atomic E-state index is 0.0200. The zero-order chi connectivity index (χ0) is 20.4. The Morgan fingerprint density at radius 3 is 2.21 bits per heavy atom. The molecular formula is C24H21NO4. The van der Waals surface area contributed by atoms with Crippen LogP contribution < -0.4 is 5.32 Å². The summed E-state index contributed by atoms with van der Waals surface area (Å²) in [5, 5.41) is 21.9. The Morgan fingerprint density at radius 2 is 1.48 bits per heavy atom. The highest BCUT2D eigenvalue weighted by molar-refractivity contribution is 5.87. The summed E-state index contributed by atoms with van der Waals surface area (Å²) in [5.41, 5.74) is 6.27. The maximum Gasteiger partial charge on any atom is 0.320 e. The van der Waals surface area contributed by atoms with Gasteiger partial charge in [0.25, 0.3) is 0 Å². The molecule has 5 nitrogen and oxygen atoms in total. The minimum Gasteiger partial charge on any atom is -0.481 e. The second kappa shape index (κ2) is 7.89. The van der Waals surface area contributed by atoms with Gasteiger partial charge in [0.05, 0.1) is 6.04 Å². The average molecular weight is 387 g/mol. The fourth-order valence-corrected chi connectivity index (χ4v) is 4.05. The Hall–Kier alpha value is -3.44. The zero-order valence-electron chi connectivity index (χ0n) is 15.7. The van der Waals surface area contributed by atoms with Crippen LogP contribution in [-0.4, -0.2) is 28.2 Å². The van der Waals surface area contributed by atoms with E-state index in [9.17, 15) is 14.7 Å². The maximum absolute atomic E-state index is 11.8. The molecule has 0 radical (unpaired) electrons. The first-order chi connectivity index (χ1) is 14.1. The fraction of sp³-hybridized carbons (Fsp3) is 0.167. The van der Waals surface area contributed by atoms with Gasteiger partial charge in [-0.2, -0.15) is 0 Å². The van der Waals surface area contributed by atoms with E-state index in [1.165, 1.54) is 0 Å². The molecule has 1 aliphatic rings. The highest BCUT2D eigenvalue weighted by Gasteiger charge is 2.34. The third-order valence-electron chi connectivity index (χ3n) is 5.35. The number of aliphatic carboxylic acids is 2. The summed E-state index contributed by atoms with van der Waals surface area (Å²) in [4.78, 5) is 22.8. The van der Waals surface area contributed by atoms with Gasteiger partial charge in [0.1, 0.15) is 6.04 Å². The van der Waals surface area contributed by atoms with E-state index in [1.807, 2.05) is 66.7 Å². The number of fused-ring (bicyclic) bond motifs is 3. The maximum atomic E-state index is 11.8. The molecule has 0 saturated carbocycles. The number of benzene rings is 3. The molecule has 1 aliphatic carbocycles. The second-order valence-corrected chi connectivity index (χ2v) is 7.14. The van der Waals surface area contributed by atoms with Crippen LogP contribution >= 0.6 is 0 Å². The number of nitrogens with one attached hydrogen (secondary N) is 1. The van der Waals surface area contributed by atoms with E-state index < -0.39 is 18.0 Å². The van der Waals surface area contributed by atoms with E-state index in [0.29, 0.717) is 0 Å². The lowest BCUT2D eigenvalue weighted by Gasteiger charge is -2.23. The molecule has 3 aromatic carbocycles. The van der Waals surface area contributed by atoms with Crippen LogP contribution in [0.15, 0.2) is 72.8 Å². The molecule has 4 rings (SSSR count). The molecule has 3 N–H and O–H groups in total. The van der Waals surface area contributed by atoms with Crippen LogP contribution in [0.4, 0.5) is 0 Å². The van der Waals surface area contributed by atoms with Crippen LogP contribution in [0.2, 0.25) is 0 Å². The standard InChI is InChI=1S/C24H21NO4/c26-21(27)14-13-20(24(28)29)25-23-19-10-5-4-9-17(19)18-12-6-11-16(22(18)23)15-7-2-1-3-8-15/h1-12,20,23,25H,13-14H2,(H,26,27)(H,28,29)/t20-,23?/m0/s1. The molecule has 0 bridgehead atoms. The highest BCUT2D eigenvalue weighted by atomic mass is 16.4. The predicted molar refractivity (Wildman–Crippen MR) is 111 cm³/mol. The molecule has 0 heterocycles. The predicted octanol–water partition coefficient (Wildman–Crippen LogP) is 4.33. The molecule has 146 valence electrons. The number of carbonyl (C=O) groups is 2. The highest BCUT2D eigenvalue weighted by Crippen LogP contribution is 2.47. The molecule has 5 heteroatoms. The quantitative estimate of drug-likeness (QED) is 0.562. The van der Waals surface area contributed by atoms with Crippen LogP contribution in [0.3, 0.4) is 0 Å². The topological polar surface area (TPSA) is 86.6 Å². The summed E-state index contributed by atoms with van der Waals surface area (Å²) in [5.74, 6) is -2.05. The van der Waals surface area contributed by atoms with Crippen molar-refractivity contribution < 1.29 is 19.8 Å². The molecule has 0 fully saturated rings. The van der Waals surface area contributed by atoms with Gasteiger partial charge in [-0.15, -0.1) is 0 Å². The number of hydrogen-bond donors (Lipinski definition) is 3. The molecule has 3 aromatic rings. The van der Waals surface area contributed by atoms with E-state index in [2.05, 4.69) is 11.4 Å². The molecular weight excluding hydrogens is 366 g/mol. The van der Waals surface area contributed by atoms with Crippen LogP contribution in [0.25, 0.3) is 22.3 Å². The lowest BCUT2D eigenvalue weighted by Crippen LogP contribution is -2.39. The Kier molecular flexibility index (Phi) is 5.14. The fourth-order valence-electron chi connectivity index (χ4n) is 4.05. The van der Waals surface area contributed by atoms with Crippen molar-refractivity contribution in [3.8, 4) is 22.3 Å². The number of carboxylic acid groups (broad SMARTS) is 2. The third kappa shape index (κ3) is 3.65. The van der Waals surface area contributed by atoms with Gasteiger partial charge in [-0.05, 0) is 39.8 Å². The first kappa shape index (κ1) is 18.9. The molecule has 0 aliphatic heterocycles. The number of carboxylic acids is 2. The number of rotatable bonds is 7. The van der Waals surface area contributed by atoms with Crippen molar-refractivity contribution in [2.45, 2.75) is 24.9 Å². The van der Waals surface area contributed by atoms with E-state index >= 15 is 0 Å². The van der Waals surface area contributed by atoms with Gasteiger partial charge in [-0.3, -0.25) is 14.9 Å². The summed E-state index contributed by atoms with van der Waals surface area (Å²) in [7, 11) is 0. The average Bonchev–Trinajstić information content (AvgIpc) is 3.05. The third-order valence-corrected chi connectivity index (χ3v) is 5.35. The monoisotopic (exact) mass is 387 g/mol. The van der Waals surface area contributed by atoms with Gasteiger partial charge in [0.2, 0.25) is 0 Å². The van der Waals surface area contributed by atoms with Crippen molar-refractivity contribution in [1.29, 1.82) is 0 Å². The van der Waals surface area contributed by atoms with E-state index in [-0.39, 0.29) is 18.9 Å². The largest absolute Gasteiger partial charge is 0.481 e. The van der Waals surface area contributed by atoms with Crippen molar-refractivity contribution in [2.24, 2.45) is 0 Å². The first-order valence-corrected chi connectivity index (χ1v) is 9.54. The molecule has 0 amide bonds. The smallest absolute Gasteiger partial charge is 0.320 e. The van der Waals surface area contributed by atoms with Crippen molar-refractivity contribution in [2.75, 3.05) is 0 Å². The Balaban J connectivity index is 1.81. The van der Waals surface area contributed by atoms with E-state index in [4.69, 9.17) is 5.11 Å². The molecule has 2 atom stereocenters. The van der Waals surface area contributed by atoms with Crippen LogP contribution in [-0.2, 0) is 9.59 Å². The van der Waals surface area contributed by atoms with Gasteiger partial charge >= 0.3 is 11.9 Å². The molecule has 0 saturated heterocycles. The second-order valence-electron chi connectivity index (χ2n) is 7.14. The van der Waals surface area contributed by atoms with Gasteiger partial charge in [0.15, 0.2) is 0 Å². The molecule has 1 unspecified atom stereocenters. The SMILES string of the molecule is O=C(O)CC[C@H](NC1c2ccccc2-c2cccc(-c3ccccc3)c21)C(=O)O. The molecule has 29 heavy (non-hydrogen) atoms.